The van der Waals surface area contributed by atoms with E-state index in [1.54, 1.807) is 0 Å². The van der Waals surface area contributed by atoms with Crippen LogP contribution in [0.25, 0.3) is 0 Å². The summed E-state index contributed by atoms with van der Waals surface area (Å²) in [6, 6.07) is 17.2. The smallest absolute Gasteiger partial charge is 0.102 e. The number of piperidine rings is 1. The van der Waals surface area contributed by atoms with Crippen LogP contribution in [0.15, 0.2) is 53.5 Å². The molecule has 4 rings (SSSR count). The van der Waals surface area contributed by atoms with Crippen molar-refractivity contribution in [2.75, 3.05) is 11.4 Å². The Morgan fingerprint density at radius 2 is 1.59 bits per heavy atom. The van der Waals surface area contributed by atoms with E-state index in [4.69, 9.17) is 4.99 Å². The third-order valence-corrected chi connectivity index (χ3v) is 4.49. The molecule has 1 saturated heterocycles. The summed E-state index contributed by atoms with van der Waals surface area (Å²) in [6.45, 7) is 3.01. The molecule has 1 fully saturated rings. The summed E-state index contributed by atoms with van der Waals surface area (Å²) in [5, 5.41) is 3.43. The molecule has 3 nitrogen and oxygen atoms in total. The predicted octanol–water partition coefficient (Wildman–Crippen LogP) is 4.01. The van der Waals surface area contributed by atoms with Crippen molar-refractivity contribution in [3.8, 4) is 0 Å². The first kappa shape index (κ1) is 13.4. The summed E-state index contributed by atoms with van der Waals surface area (Å²) in [5.41, 5.74) is 5.18. The van der Waals surface area contributed by atoms with E-state index in [1.807, 2.05) is 0 Å². The number of benzene rings is 2. The molecule has 0 radical (unpaired) electrons. The molecule has 3 heteroatoms. The van der Waals surface area contributed by atoms with Crippen LogP contribution < -0.4 is 10.2 Å². The second-order valence-corrected chi connectivity index (χ2v) is 6.06. The molecule has 2 aromatic carbocycles. The highest BCUT2D eigenvalue weighted by atomic mass is 15.2. The minimum atomic E-state index is 0.978. The normalized spacial score (nSPS) is 19.1. The van der Waals surface area contributed by atoms with Gasteiger partial charge in [0, 0.05) is 26.1 Å². The number of nitrogens with one attached hydrogen (secondary N) is 1. The molecule has 2 aliphatic heterocycles. The lowest BCUT2D eigenvalue weighted by molar-refractivity contribution is 0.669. The topological polar surface area (TPSA) is 27.6 Å². The fraction of sp³-hybridized carbons (Fsp3) is 0.316. The molecule has 0 saturated carbocycles. The van der Waals surface area contributed by atoms with Crippen LogP contribution in [-0.4, -0.2) is 12.4 Å². The average Bonchev–Trinajstić information content (AvgIpc) is 3.00. The summed E-state index contributed by atoms with van der Waals surface area (Å²) in [7, 11) is 0. The second kappa shape index (κ2) is 5.84. The van der Waals surface area contributed by atoms with Gasteiger partial charge < -0.3 is 10.2 Å². The molecule has 112 valence electrons. The summed E-state index contributed by atoms with van der Waals surface area (Å²) in [5.74, 6) is 1.13. The van der Waals surface area contributed by atoms with E-state index in [1.165, 1.54) is 29.7 Å². The van der Waals surface area contributed by atoms with Crippen LogP contribution in [0.4, 0.5) is 11.4 Å². The van der Waals surface area contributed by atoms with E-state index in [-0.39, 0.29) is 0 Å². The standard InChI is InChI=1S/C19H21N3/c1-2-8-16-14-22(13-15(16)7-1)18-10-4-3-9-17(18)21-19-11-5-6-12-20-19/h1-4,7-10H,5-6,11-14H2,(H,20,21). The highest BCUT2D eigenvalue weighted by Gasteiger charge is 2.20. The van der Waals surface area contributed by atoms with Gasteiger partial charge >= 0.3 is 0 Å². The Labute approximate surface area is 131 Å². The molecule has 0 spiro atoms. The van der Waals surface area contributed by atoms with Crippen molar-refractivity contribution in [1.29, 1.82) is 0 Å². The fourth-order valence-electron chi connectivity index (χ4n) is 3.31. The highest BCUT2D eigenvalue weighted by Crippen LogP contribution is 2.35. The highest BCUT2D eigenvalue weighted by molar-refractivity contribution is 5.87. The van der Waals surface area contributed by atoms with E-state index >= 15 is 0 Å². The molecule has 0 unspecified atom stereocenters. The molecular formula is C19H21N3. The van der Waals surface area contributed by atoms with E-state index < -0.39 is 0 Å². The molecule has 0 aliphatic carbocycles. The van der Waals surface area contributed by atoms with E-state index in [2.05, 4.69) is 58.7 Å². The lowest BCUT2D eigenvalue weighted by atomic mass is 10.1. The van der Waals surface area contributed by atoms with Crippen LogP contribution in [0.3, 0.4) is 0 Å². The Morgan fingerprint density at radius 3 is 2.32 bits per heavy atom. The molecule has 0 aromatic heterocycles. The van der Waals surface area contributed by atoms with Gasteiger partial charge in [-0.25, -0.2) is 4.99 Å². The predicted molar refractivity (Wildman–Crippen MR) is 91.7 cm³/mol. The monoisotopic (exact) mass is 291 g/mol. The number of rotatable bonds is 2. The van der Waals surface area contributed by atoms with Crippen molar-refractivity contribution >= 4 is 17.2 Å². The zero-order valence-corrected chi connectivity index (χ0v) is 12.8. The van der Waals surface area contributed by atoms with E-state index in [0.717, 1.165) is 37.6 Å². The van der Waals surface area contributed by atoms with Crippen LogP contribution in [0.1, 0.15) is 30.4 Å². The summed E-state index contributed by atoms with van der Waals surface area (Å²) in [6.07, 6.45) is 3.56. The van der Waals surface area contributed by atoms with Crippen LogP contribution >= 0.6 is 0 Å². The first-order valence-electron chi connectivity index (χ1n) is 8.12. The molecule has 0 atom stereocenters. The number of hydrogen-bond donors (Lipinski definition) is 1. The SMILES string of the molecule is c1ccc2c(c1)CN(c1ccccc1/N=C1\CCCCN1)C2. The summed E-state index contributed by atoms with van der Waals surface area (Å²) < 4.78 is 0. The van der Waals surface area contributed by atoms with Gasteiger partial charge in [0.15, 0.2) is 0 Å². The fourth-order valence-corrected chi connectivity index (χ4v) is 3.31. The number of anilines is 1. The van der Waals surface area contributed by atoms with Crippen molar-refractivity contribution in [2.45, 2.75) is 32.4 Å². The minimum absolute atomic E-state index is 0.978. The molecule has 2 heterocycles. The maximum Gasteiger partial charge on any atom is 0.102 e. The van der Waals surface area contributed by atoms with Crippen molar-refractivity contribution < 1.29 is 0 Å². The third kappa shape index (κ3) is 2.59. The van der Waals surface area contributed by atoms with Gasteiger partial charge in [0.1, 0.15) is 5.84 Å². The Hall–Kier alpha value is -2.29. The number of aliphatic imine (C=N–C) groups is 1. The molecule has 1 N–H and O–H groups in total. The molecule has 22 heavy (non-hydrogen) atoms. The van der Waals surface area contributed by atoms with Crippen molar-refractivity contribution in [2.24, 2.45) is 4.99 Å². The van der Waals surface area contributed by atoms with Crippen molar-refractivity contribution in [1.82, 2.24) is 5.32 Å². The number of fused-ring (bicyclic) bond motifs is 1. The molecule has 0 amide bonds. The molecular weight excluding hydrogens is 270 g/mol. The van der Waals surface area contributed by atoms with Crippen LogP contribution in [0, 0.1) is 0 Å². The van der Waals surface area contributed by atoms with E-state index in [0.29, 0.717) is 0 Å². The minimum Gasteiger partial charge on any atom is -0.374 e. The van der Waals surface area contributed by atoms with Gasteiger partial charge in [-0.3, -0.25) is 0 Å². The summed E-state index contributed by atoms with van der Waals surface area (Å²) in [4.78, 5) is 7.31. The van der Waals surface area contributed by atoms with Crippen molar-refractivity contribution in [3.63, 3.8) is 0 Å². The average molecular weight is 291 g/mol. The van der Waals surface area contributed by atoms with Crippen LogP contribution in [0.5, 0.6) is 0 Å². The Bertz CT molecular complexity index is 672. The van der Waals surface area contributed by atoms with Crippen LogP contribution in [-0.2, 0) is 13.1 Å². The number of nitrogens with zero attached hydrogens (tertiary/aromatic N) is 2. The lowest BCUT2D eigenvalue weighted by Crippen LogP contribution is -2.28. The van der Waals surface area contributed by atoms with Gasteiger partial charge in [0.05, 0.1) is 11.4 Å². The Balaban J connectivity index is 1.63. The maximum absolute atomic E-state index is 4.89. The Kier molecular flexibility index (Phi) is 3.55. The Morgan fingerprint density at radius 1 is 0.864 bits per heavy atom. The molecule has 0 bridgehead atoms. The van der Waals surface area contributed by atoms with Crippen LogP contribution in [0.2, 0.25) is 0 Å². The van der Waals surface area contributed by atoms with Gasteiger partial charge in [0.2, 0.25) is 0 Å². The lowest BCUT2D eigenvalue weighted by Gasteiger charge is -2.21. The van der Waals surface area contributed by atoms with Gasteiger partial charge in [-0.1, -0.05) is 36.4 Å². The van der Waals surface area contributed by atoms with Gasteiger partial charge in [-0.05, 0) is 36.1 Å². The van der Waals surface area contributed by atoms with Crippen molar-refractivity contribution in [3.05, 3.63) is 59.7 Å². The summed E-state index contributed by atoms with van der Waals surface area (Å²) >= 11 is 0. The number of para-hydroxylation sites is 2. The second-order valence-electron chi connectivity index (χ2n) is 6.06. The molecule has 2 aliphatic rings. The zero-order chi connectivity index (χ0) is 14.8. The first-order valence-corrected chi connectivity index (χ1v) is 8.12. The van der Waals surface area contributed by atoms with Gasteiger partial charge in [-0.2, -0.15) is 0 Å². The van der Waals surface area contributed by atoms with Gasteiger partial charge in [-0.15, -0.1) is 0 Å². The zero-order valence-electron chi connectivity index (χ0n) is 12.8. The maximum atomic E-state index is 4.89. The van der Waals surface area contributed by atoms with Gasteiger partial charge in [0.25, 0.3) is 0 Å². The quantitative estimate of drug-likeness (QED) is 0.905. The number of hydrogen-bond acceptors (Lipinski definition) is 2. The number of amidine groups is 1. The largest absolute Gasteiger partial charge is 0.374 e. The third-order valence-electron chi connectivity index (χ3n) is 4.49. The molecule has 2 aromatic rings. The van der Waals surface area contributed by atoms with E-state index in [9.17, 15) is 0 Å². The first-order chi connectivity index (χ1) is 10.9.